The van der Waals surface area contributed by atoms with Gasteiger partial charge in [0.2, 0.25) is 0 Å². The molecule has 0 bridgehead atoms. The minimum absolute atomic E-state index is 0.0958. The summed E-state index contributed by atoms with van der Waals surface area (Å²) in [6, 6.07) is 22.2. The summed E-state index contributed by atoms with van der Waals surface area (Å²) in [4.78, 5) is 14.1. The van der Waals surface area contributed by atoms with E-state index >= 15 is 0 Å². The highest BCUT2D eigenvalue weighted by Crippen LogP contribution is 2.28. The third-order valence-electron chi connectivity index (χ3n) is 5.46. The number of benzene rings is 2. The summed E-state index contributed by atoms with van der Waals surface area (Å²) in [5.74, 6) is 1.11. The Bertz CT molecular complexity index is 1170. The molecule has 1 atom stereocenters. The quantitative estimate of drug-likeness (QED) is 0.486. The standard InChI is InChI=1S/C25H23N3O2S/c29-25(26-14-19-13-20-9-4-5-10-22(20)30-17-19)21-16-28(15-18-7-2-1-3-8-18)27-24(21)23-11-6-12-31-23/h1-12,16,19H,13-15,17H2,(H,26,29). The van der Waals surface area contributed by atoms with Crippen molar-refractivity contribution in [3.63, 3.8) is 0 Å². The van der Waals surface area contributed by atoms with Gasteiger partial charge in [0.05, 0.1) is 23.6 Å². The van der Waals surface area contributed by atoms with E-state index in [1.807, 2.05) is 64.8 Å². The van der Waals surface area contributed by atoms with E-state index in [1.165, 1.54) is 5.56 Å². The van der Waals surface area contributed by atoms with Crippen molar-refractivity contribution >= 4 is 17.2 Å². The third kappa shape index (κ3) is 4.39. The predicted octanol–water partition coefficient (Wildman–Crippen LogP) is 4.64. The summed E-state index contributed by atoms with van der Waals surface area (Å²) in [6.07, 6.45) is 2.76. The maximum atomic E-state index is 13.1. The second-order valence-electron chi connectivity index (χ2n) is 7.75. The van der Waals surface area contributed by atoms with E-state index in [4.69, 9.17) is 9.84 Å². The van der Waals surface area contributed by atoms with Crippen molar-refractivity contribution in [2.24, 2.45) is 5.92 Å². The Kier molecular flexibility index (Phi) is 5.54. The number of hydrogen-bond acceptors (Lipinski definition) is 4. The van der Waals surface area contributed by atoms with Gasteiger partial charge in [0.25, 0.3) is 5.91 Å². The van der Waals surface area contributed by atoms with Crippen molar-refractivity contribution in [1.82, 2.24) is 15.1 Å². The summed E-state index contributed by atoms with van der Waals surface area (Å²) in [5.41, 5.74) is 3.68. The van der Waals surface area contributed by atoms with Crippen LogP contribution in [0, 0.1) is 5.92 Å². The van der Waals surface area contributed by atoms with Crippen LogP contribution in [0.25, 0.3) is 10.6 Å². The maximum Gasteiger partial charge on any atom is 0.255 e. The molecule has 1 aliphatic heterocycles. The Morgan fingerprint density at radius 2 is 1.94 bits per heavy atom. The van der Waals surface area contributed by atoms with Crippen LogP contribution in [0.15, 0.2) is 78.3 Å². The first-order valence-corrected chi connectivity index (χ1v) is 11.3. The van der Waals surface area contributed by atoms with Crippen molar-refractivity contribution in [3.8, 4) is 16.3 Å². The first-order chi connectivity index (χ1) is 15.3. The van der Waals surface area contributed by atoms with Crippen LogP contribution in [0.5, 0.6) is 5.75 Å². The Morgan fingerprint density at radius 1 is 1.10 bits per heavy atom. The minimum Gasteiger partial charge on any atom is -0.493 e. The SMILES string of the molecule is O=C(NCC1COc2ccccc2C1)c1cn(Cc2ccccc2)nc1-c1cccs1. The zero-order chi connectivity index (χ0) is 21.0. The number of nitrogens with zero attached hydrogens (tertiary/aromatic N) is 2. The van der Waals surface area contributed by atoms with Gasteiger partial charge in [-0.05, 0) is 35.1 Å². The lowest BCUT2D eigenvalue weighted by molar-refractivity contribution is 0.0939. The van der Waals surface area contributed by atoms with E-state index < -0.39 is 0 Å². The molecule has 31 heavy (non-hydrogen) atoms. The topological polar surface area (TPSA) is 56.1 Å². The van der Waals surface area contributed by atoms with Crippen molar-refractivity contribution in [2.75, 3.05) is 13.2 Å². The van der Waals surface area contributed by atoms with Gasteiger partial charge in [-0.25, -0.2) is 0 Å². The smallest absolute Gasteiger partial charge is 0.255 e. The average molecular weight is 430 g/mol. The third-order valence-corrected chi connectivity index (χ3v) is 6.33. The van der Waals surface area contributed by atoms with Crippen molar-refractivity contribution in [2.45, 2.75) is 13.0 Å². The maximum absolute atomic E-state index is 13.1. The van der Waals surface area contributed by atoms with E-state index in [1.54, 1.807) is 11.3 Å². The summed E-state index contributed by atoms with van der Waals surface area (Å²) in [7, 11) is 0. The van der Waals surface area contributed by atoms with Crippen LogP contribution in [-0.4, -0.2) is 28.8 Å². The van der Waals surface area contributed by atoms with Crippen molar-refractivity contribution in [1.29, 1.82) is 0 Å². The van der Waals surface area contributed by atoms with E-state index in [2.05, 4.69) is 23.5 Å². The molecule has 2 aromatic heterocycles. The molecule has 0 saturated carbocycles. The molecule has 0 spiro atoms. The molecular formula is C25H23N3O2S. The molecule has 0 aliphatic carbocycles. The van der Waals surface area contributed by atoms with E-state index in [0.717, 1.165) is 28.3 Å². The number of carbonyl (C=O) groups is 1. The van der Waals surface area contributed by atoms with E-state index in [-0.39, 0.29) is 11.8 Å². The van der Waals surface area contributed by atoms with Gasteiger partial charge >= 0.3 is 0 Å². The second-order valence-corrected chi connectivity index (χ2v) is 8.70. The van der Waals surface area contributed by atoms with Crippen LogP contribution in [0.3, 0.4) is 0 Å². The number of fused-ring (bicyclic) bond motifs is 1. The molecule has 156 valence electrons. The molecule has 1 unspecified atom stereocenters. The minimum atomic E-state index is -0.0958. The fourth-order valence-electron chi connectivity index (χ4n) is 3.89. The molecule has 2 aromatic carbocycles. The number of ether oxygens (including phenoxy) is 1. The Hall–Kier alpha value is -3.38. The average Bonchev–Trinajstić information content (AvgIpc) is 3.48. The van der Waals surface area contributed by atoms with Crippen LogP contribution in [0.1, 0.15) is 21.5 Å². The molecule has 0 fully saturated rings. The molecule has 1 N–H and O–H groups in total. The predicted molar refractivity (Wildman–Crippen MR) is 123 cm³/mol. The summed E-state index contributed by atoms with van der Waals surface area (Å²) >= 11 is 1.59. The lowest BCUT2D eigenvalue weighted by atomic mass is 9.96. The number of thiophene rings is 1. The van der Waals surface area contributed by atoms with Crippen LogP contribution in [0.4, 0.5) is 0 Å². The van der Waals surface area contributed by atoms with Gasteiger partial charge in [-0.1, -0.05) is 54.6 Å². The van der Waals surface area contributed by atoms with Gasteiger partial charge in [0.15, 0.2) is 0 Å². The number of para-hydroxylation sites is 1. The van der Waals surface area contributed by atoms with E-state index in [0.29, 0.717) is 25.3 Å². The molecule has 1 aliphatic rings. The van der Waals surface area contributed by atoms with Crippen LogP contribution in [0.2, 0.25) is 0 Å². The van der Waals surface area contributed by atoms with Crippen LogP contribution in [-0.2, 0) is 13.0 Å². The highest BCUT2D eigenvalue weighted by Gasteiger charge is 2.23. The van der Waals surface area contributed by atoms with Gasteiger partial charge in [-0.2, -0.15) is 5.10 Å². The molecule has 3 heterocycles. The van der Waals surface area contributed by atoms with Gasteiger partial charge < -0.3 is 10.1 Å². The summed E-state index contributed by atoms with van der Waals surface area (Å²) in [5, 5.41) is 9.85. The molecule has 4 aromatic rings. The first-order valence-electron chi connectivity index (χ1n) is 10.4. The largest absolute Gasteiger partial charge is 0.493 e. The van der Waals surface area contributed by atoms with Gasteiger partial charge in [-0.15, -0.1) is 11.3 Å². The second kappa shape index (κ2) is 8.78. The van der Waals surface area contributed by atoms with Crippen molar-refractivity contribution in [3.05, 3.63) is 95.0 Å². The highest BCUT2D eigenvalue weighted by atomic mass is 32.1. The molecule has 0 saturated heterocycles. The zero-order valence-corrected chi connectivity index (χ0v) is 17.8. The molecule has 5 nitrogen and oxygen atoms in total. The Labute approximate surface area is 185 Å². The lowest BCUT2D eigenvalue weighted by Gasteiger charge is -2.25. The van der Waals surface area contributed by atoms with Crippen molar-refractivity contribution < 1.29 is 9.53 Å². The lowest BCUT2D eigenvalue weighted by Crippen LogP contribution is -2.34. The number of aromatic nitrogens is 2. The van der Waals surface area contributed by atoms with Gasteiger partial charge in [0.1, 0.15) is 11.4 Å². The fraction of sp³-hybridized carbons (Fsp3) is 0.200. The highest BCUT2D eigenvalue weighted by molar-refractivity contribution is 7.13. The van der Waals surface area contributed by atoms with E-state index in [9.17, 15) is 4.79 Å². The normalized spacial score (nSPS) is 15.2. The van der Waals surface area contributed by atoms with Gasteiger partial charge in [-0.3, -0.25) is 9.48 Å². The number of hydrogen-bond donors (Lipinski definition) is 1. The molecular weight excluding hydrogens is 406 g/mol. The molecule has 0 radical (unpaired) electrons. The fourth-order valence-corrected chi connectivity index (χ4v) is 4.61. The van der Waals surface area contributed by atoms with Crippen LogP contribution >= 0.6 is 11.3 Å². The first kappa shape index (κ1) is 19.6. The summed E-state index contributed by atoms with van der Waals surface area (Å²) in [6.45, 7) is 1.81. The monoisotopic (exact) mass is 429 g/mol. The number of rotatable bonds is 6. The Morgan fingerprint density at radius 3 is 2.77 bits per heavy atom. The number of nitrogens with one attached hydrogen (secondary N) is 1. The van der Waals surface area contributed by atoms with Crippen LogP contribution < -0.4 is 10.1 Å². The zero-order valence-electron chi connectivity index (χ0n) is 17.0. The Balaban J connectivity index is 1.32. The molecule has 6 heteroatoms. The number of carbonyl (C=O) groups excluding carboxylic acids is 1. The van der Waals surface area contributed by atoms with Gasteiger partial charge in [0, 0.05) is 18.7 Å². The molecule has 5 rings (SSSR count). The number of amides is 1. The molecule has 1 amide bonds. The summed E-state index contributed by atoms with van der Waals surface area (Å²) < 4.78 is 7.71.